The van der Waals surface area contributed by atoms with Crippen LogP contribution in [0, 0.1) is 12.7 Å². The minimum absolute atomic E-state index is 0.160. The molecule has 5 heteroatoms. The van der Waals surface area contributed by atoms with Gasteiger partial charge in [-0.15, -0.1) is 0 Å². The number of amides is 1. The Balaban J connectivity index is 1.87. The molecule has 0 aliphatic carbocycles. The van der Waals surface area contributed by atoms with Gasteiger partial charge in [0.1, 0.15) is 17.3 Å². The maximum Gasteiger partial charge on any atom is 0.227 e. The van der Waals surface area contributed by atoms with Crippen LogP contribution in [-0.2, 0) is 4.79 Å². The molecule has 0 heterocycles. The molecule has 4 nitrogen and oxygen atoms in total. The van der Waals surface area contributed by atoms with Crippen molar-refractivity contribution < 1.29 is 18.7 Å². The van der Waals surface area contributed by atoms with Crippen LogP contribution < -0.4 is 14.8 Å². The summed E-state index contributed by atoms with van der Waals surface area (Å²) >= 11 is 0. The molecule has 2 rings (SSSR count). The third-order valence-corrected chi connectivity index (χ3v) is 3.02. The van der Waals surface area contributed by atoms with Gasteiger partial charge in [-0.1, -0.05) is 12.1 Å². The molecule has 2 aromatic carbocycles. The van der Waals surface area contributed by atoms with Crippen molar-refractivity contribution in [1.29, 1.82) is 0 Å². The summed E-state index contributed by atoms with van der Waals surface area (Å²) in [6, 6.07) is 11.4. The van der Waals surface area contributed by atoms with Gasteiger partial charge in [0.2, 0.25) is 5.91 Å². The van der Waals surface area contributed by atoms with Crippen molar-refractivity contribution in [3.05, 3.63) is 53.8 Å². The predicted octanol–water partition coefficient (Wildman–Crippen LogP) is 3.55. The van der Waals surface area contributed by atoms with Crippen molar-refractivity contribution in [3.63, 3.8) is 0 Å². The van der Waals surface area contributed by atoms with E-state index in [1.807, 2.05) is 19.1 Å². The highest BCUT2D eigenvalue weighted by atomic mass is 19.1. The van der Waals surface area contributed by atoms with E-state index < -0.39 is 0 Å². The lowest BCUT2D eigenvalue weighted by Gasteiger charge is -2.11. The van der Waals surface area contributed by atoms with Crippen LogP contribution in [0.5, 0.6) is 11.5 Å². The highest BCUT2D eigenvalue weighted by molar-refractivity contribution is 5.92. The van der Waals surface area contributed by atoms with E-state index in [0.717, 1.165) is 5.56 Å². The van der Waals surface area contributed by atoms with E-state index in [2.05, 4.69) is 5.32 Å². The first-order valence-corrected chi connectivity index (χ1v) is 6.91. The Hall–Kier alpha value is -2.56. The number of aryl methyl sites for hydroxylation is 1. The molecule has 0 saturated carbocycles. The van der Waals surface area contributed by atoms with Crippen molar-refractivity contribution in [2.45, 2.75) is 13.3 Å². The van der Waals surface area contributed by atoms with Crippen LogP contribution in [0.1, 0.15) is 12.0 Å². The van der Waals surface area contributed by atoms with E-state index in [9.17, 15) is 9.18 Å². The number of carbonyl (C=O) groups excluding carboxylic acids is 1. The molecule has 1 amide bonds. The number of methoxy groups -OCH3 is 1. The SMILES string of the molecule is COc1ccc(C)cc1NC(=O)CCOc1cccc(F)c1. The molecular formula is C17H18FNO3. The largest absolute Gasteiger partial charge is 0.495 e. The van der Waals surface area contributed by atoms with Crippen LogP contribution in [0.15, 0.2) is 42.5 Å². The Morgan fingerprint density at radius 3 is 2.77 bits per heavy atom. The quantitative estimate of drug-likeness (QED) is 0.887. The van der Waals surface area contributed by atoms with Crippen LogP contribution in [0.2, 0.25) is 0 Å². The molecule has 0 saturated heterocycles. The molecule has 22 heavy (non-hydrogen) atoms. The number of hydrogen-bond acceptors (Lipinski definition) is 3. The number of anilines is 1. The van der Waals surface area contributed by atoms with Gasteiger partial charge in [0.15, 0.2) is 0 Å². The number of ether oxygens (including phenoxy) is 2. The highest BCUT2D eigenvalue weighted by Crippen LogP contribution is 2.25. The lowest BCUT2D eigenvalue weighted by Crippen LogP contribution is -2.15. The topological polar surface area (TPSA) is 47.6 Å². The van der Waals surface area contributed by atoms with Gasteiger partial charge in [-0.25, -0.2) is 4.39 Å². The first kappa shape index (κ1) is 15.8. The zero-order valence-electron chi connectivity index (χ0n) is 12.6. The molecule has 0 fully saturated rings. The van der Waals surface area contributed by atoms with E-state index in [0.29, 0.717) is 17.2 Å². The van der Waals surface area contributed by atoms with Crippen LogP contribution in [0.3, 0.4) is 0 Å². The molecule has 116 valence electrons. The van der Waals surface area contributed by atoms with Gasteiger partial charge < -0.3 is 14.8 Å². The van der Waals surface area contributed by atoms with E-state index in [1.165, 1.54) is 12.1 Å². The number of hydrogen-bond donors (Lipinski definition) is 1. The minimum atomic E-state index is -0.369. The monoisotopic (exact) mass is 303 g/mol. The molecular weight excluding hydrogens is 285 g/mol. The number of nitrogens with one attached hydrogen (secondary N) is 1. The van der Waals surface area contributed by atoms with E-state index >= 15 is 0 Å². The molecule has 0 aromatic heterocycles. The molecule has 0 unspecified atom stereocenters. The smallest absolute Gasteiger partial charge is 0.227 e. The number of carbonyl (C=O) groups is 1. The molecule has 0 spiro atoms. The average molecular weight is 303 g/mol. The maximum atomic E-state index is 13.0. The second-order valence-electron chi connectivity index (χ2n) is 4.81. The maximum absolute atomic E-state index is 13.0. The summed E-state index contributed by atoms with van der Waals surface area (Å²) in [5, 5.41) is 2.78. The van der Waals surface area contributed by atoms with Gasteiger partial charge in [-0.05, 0) is 36.8 Å². The van der Waals surface area contributed by atoms with Gasteiger partial charge in [-0.2, -0.15) is 0 Å². The highest BCUT2D eigenvalue weighted by Gasteiger charge is 2.08. The van der Waals surface area contributed by atoms with Crippen molar-refractivity contribution in [2.24, 2.45) is 0 Å². The zero-order chi connectivity index (χ0) is 15.9. The molecule has 2 aromatic rings. The summed E-state index contributed by atoms with van der Waals surface area (Å²) in [7, 11) is 1.55. The number of rotatable bonds is 6. The third kappa shape index (κ3) is 4.48. The Morgan fingerprint density at radius 2 is 2.05 bits per heavy atom. The number of benzene rings is 2. The number of halogens is 1. The van der Waals surface area contributed by atoms with Gasteiger partial charge in [0, 0.05) is 6.07 Å². The Morgan fingerprint density at radius 1 is 1.23 bits per heavy atom. The summed E-state index contributed by atoms with van der Waals surface area (Å²) in [4.78, 5) is 11.9. The molecule has 0 atom stereocenters. The summed E-state index contributed by atoms with van der Waals surface area (Å²) in [6.45, 7) is 2.10. The van der Waals surface area contributed by atoms with Gasteiger partial charge >= 0.3 is 0 Å². The Labute approximate surface area is 128 Å². The minimum Gasteiger partial charge on any atom is -0.495 e. The van der Waals surface area contributed by atoms with E-state index in [1.54, 1.807) is 25.3 Å². The molecule has 0 aliphatic rings. The lowest BCUT2D eigenvalue weighted by atomic mass is 10.2. The fourth-order valence-electron chi connectivity index (χ4n) is 1.95. The molecule has 0 radical (unpaired) electrons. The second kappa shape index (κ2) is 7.45. The lowest BCUT2D eigenvalue weighted by molar-refractivity contribution is -0.116. The first-order valence-electron chi connectivity index (χ1n) is 6.91. The van der Waals surface area contributed by atoms with Crippen LogP contribution in [-0.4, -0.2) is 19.6 Å². The van der Waals surface area contributed by atoms with Crippen molar-refractivity contribution in [1.82, 2.24) is 0 Å². The third-order valence-electron chi connectivity index (χ3n) is 3.02. The van der Waals surface area contributed by atoms with Gasteiger partial charge in [0.05, 0.1) is 25.8 Å². The summed E-state index contributed by atoms with van der Waals surface area (Å²) in [6.07, 6.45) is 0.160. The molecule has 0 aliphatic heterocycles. The van der Waals surface area contributed by atoms with Crippen molar-refractivity contribution in [2.75, 3.05) is 19.0 Å². The van der Waals surface area contributed by atoms with E-state index in [-0.39, 0.29) is 24.8 Å². The van der Waals surface area contributed by atoms with Crippen LogP contribution >= 0.6 is 0 Å². The predicted molar refractivity (Wildman–Crippen MR) is 82.9 cm³/mol. The Bertz CT molecular complexity index is 658. The fourth-order valence-corrected chi connectivity index (χ4v) is 1.95. The summed E-state index contributed by atoms with van der Waals surface area (Å²) in [5.41, 5.74) is 1.64. The zero-order valence-corrected chi connectivity index (χ0v) is 12.6. The average Bonchev–Trinajstić information content (AvgIpc) is 2.47. The van der Waals surface area contributed by atoms with Crippen molar-refractivity contribution in [3.8, 4) is 11.5 Å². The Kier molecular flexibility index (Phi) is 5.36. The van der Waals surface area contributed by atoms with Gasteiger partial charge in [-0.3, -0.25) is 4.79 Å². The standard InChI is InChI=1S/C17H18FNO3/c1-12-6-7-16(21-2)15(10-12)19-17(20)8-9-22-14-5-3-4-13(18)11-14/h3-7,10-11H,8-9H2,1-2H3,(H,19,20). The second-order valence-corrected chi connectivity index (χ2v) is 4.81. The van der Waals surface area contributed by atoms with Gasteiger partial charge in [0.25, 0.3) is 0 Å². The van der Waals surface area contributed by atoms with Crippen molar-refractivity contribution >= 4 is 11.6 Å². The van der Waals surface area contributed by atoms with E-state index in [4.69, 9.17) is 9.47 Å². The summed E-state index contributed by atoms with van der Waals surface area (Å²) in [5.74, 6) is 0.442. The molecule has 0 bridgehead atoms. The normalized spacial score (nSPS) is 10.1. The van der Waals surface area contributed by atoms with Crippen LogP contribution in [0.4, 0.5) is 10.1 Å². The molecule has 1 N–H and O–H groups in total. The van der Waals surface area contributed by atoms with Crippen LogP contribution in [0.25, 0.3) is 0 Å². The fraction of sp³-hybridized carbons (Fsp3) is 0.235. The first-order chi connectivity index (χ1) is 10.6. The summed E-state index contributed by atoms with van der Waals surface area (Å²) < 4.78 is 23.5.